The Morgan fingerprint density at radius 1 is 1.30 bits per heavy atom. The smallest absolute Gasteiger partial charge is 0.0762 e. The van der Waals surface area contributed by atoms with Crippen LogP contribution in [0.1, 0.15) is 43.1 Å². The molecule has 0 aliphatic carbocycles. The van der Waals surface area contributed by atoms with Gasteiger partial charge in [-0.2, -0.15) is 5.10 Å². The van der Waals surface area contributed by atoms with Crippen LogP contribution in [-0.2, 0) is 6.54 Å². The highest BCUT2D eigenvalue weighted by molar-refractivity contribution is 9.10. The fourth-order valence-electron chi connectivity index (χ4n) is 2.46. The van der Waals surface area contributed by atoms with Gasteiger partial charge in [-0.1, -0.05) is 31.2 Å². The van der Waals surface area contributed by atoms with Gasteiger partial charge in [0.2, 0.25) is 0 Å². The lowest BCUT2D eigenvalue weighted by atomic mass is 9.98. The van der Waals surface area contributed by atoms with Crippen LogP contribution in [0.15, 0.2) is 34.9 Å². The van der Waals surface area contributed by atoms with E-state index in [0.717, 1.165) is 24.0 Å². The molecule has 20 heavy (non-hydrogen) atoms. The van der Waals surface area contributed by atoms with E-state index in [1.807, 2.05) is 6.20 Å². The third kappa shape index (κ3) is 3.13. The molecule has 1 atom stereocenters. The topological polar surface area (TPSA) is 29.9 Å². The van der Waals surface area contributed by atoms with Crippen LogP contribution in [-0.4, -0.2) is 16.3 Å². The van der Waals surface area contributed by atoms with Crippen LogP contribution < -0.4 is 5.32 Å². The molecular weight excluding hydrogens is 314 g/mol. The summed E-state index contributed by atoms with van der Waals surface area (Å²) >= 11 is 3.65. The van der Waals surface area contributed by atoms with Gasteiger partial charge in [0.15, 0.2) is 0 Å². The van der Waals surface area contributed by atoms with E-state index in [-0.39, 0.29) is 6.04 Å². The van der Waals surface area contributed by atoms with E-state index < -0.39 is 0 Å². The highest BCUT2D eigenvalue weighted by atomic mass is 79.9. The molecule has 0 spiro atoms. The highest BCUT2D eigenvalue weighted by Crippen LogP contribution is 2.30. The van der Waals surface area contributed by atoms with Crippen LogP contribution in [0.25, 0.3) is 0 Å². The second-order valence-electron chi connectivity index (χ2n) is 4.94. The van der Waals surface area contributed by atoms with E-state index >= 15 is 0 Å². The normalized spacial score (nSPS) is 12.6. The number of benzene rings is 1. The van der Waals surface area contributed by atoms with Gasteiger partial charge in [-0.15, -0.1) is 0 Å². The van der Waals surface area contributed by atoms with E-state index in [1.54, 1.807) is 0 Å². The minimum Gasteiger partial charge on any atom is -0.305 e. The molecule has 0 bridgehead atoms. The first kappa shape index (κ1) is 15.3. The van der Waals surface area contributed by atoms with Crippen LogP contribution in [0.3, 0.4) is 0 Å². The Morgan fingerprint density at radius 3 is 2.70 bits per heavy atom. The van der Waals surface area contributed by atoms with Gasteiger partial charge in [0.25, 0.3) is 0 Å². The molecule has 0 saturated heterocycles. The molecule has 0 amide bonds. The van der Waals surface area contributed by atoms with Crippen molar-refractivity contribution in [3.63, 3.8) is 0 Å². The first-order valence-electron chi connectivity index (χ1n) is 7.19. The van der Waals surface area contributed by atoms with Gasteiger partial charge in [-0.3, -0.25) is 4.68 Å². The summed E-state index contributed by atoms with van der Waals surface area (Å²) in [6, 6.07) is 8.72. The Kier molecular flexibility index (Phi) is 5.38. The van der Waals surface area contributed by atoms with Gasteiger partial charge in [0, 0.05) is 6.54 Å². The predicted molar refractivity (Wildman–Crippen MR) is 86.9 cm³/mol. The minimum absolute atomic E-state index is 0.174. The maximum absolute atomic E-state index is 4.45. The summed E-state index contributed by atoms with van der Waals surface area (Å²) in [6.07, 6.45) is 3.00. The summed E-state index contributed by atoms with van der Waals surface area (Å²) in [5.74, 6) is 0. The number of hydrogen-bond donors (Lipinski definition) is 1. The average molecular weight is 336 g/mol. The summed E-state index contributed by atoms with van der Waals surface area (Å²) in [4.78, 5) is 0. The SMILES string of the molecule is CCCNC(c1ccccc1C)c1c(Br)cnn1CC. The molecule has 3 nitrogen and oxygen atoms in total. The zero-order valence-corrected chi connectivity index (χ0v) is 13.9. The lowest BCUT2D eigenvalue weighted by Gasteiger charge is -2.22. The molecule has 1 aromatic carbocycles. The van der Waals surface area contributed by atoms with E-state index in [9.17, 15) is 0 Å². The fraction of sp³-hybridized carbons (Fsp3) is 0.438. The van der Waals surface area contributed by atoms with Crippen molar-refractivity contribution in [3.8, 4) is 0 Å². The zero-order valence-electron chi connectivity index (χ0n) is 12.4. The molecule has 0 saturated carbocycles. The first-order valence-corrected chi connectivity index (χ1v) is 7.98. The standard InChI is InChI=1S/C16H22BrN3/c1-4-10-18-15(13-9-7-6-8-12(13)3)16-14(17)11-19-20(16)5-2/h6-9,11,15,18H,4-5,10H2,1-3H3. The van der Waals surface area contributed by atoms with Crippen LogP contribution >= 0.6 is 15.9 Å². The van der Waals surface area contributed by atoms with Gasteiger partial charge in [-0.25, -0.2) is 0 Å². The monoisotopic (exact) mass is 335 g/mol. The second-order valence-corrected chi connectivity index (χ2v) is 5.79. The number of halogens is 1. The highest BCUT2D eigenvalue weighted by Gasteiger charge is 2.22. The van der Waals surface area contributed by atoms with Crippen molar-refractivity contribution >= 4 is 15.9 Å². The Labute approximate surface area is 129 Å². The summed E-state index contributed by atoms with van der Waals surface area (Å²) in [5.41, 5.74) is 3.82. The molecule has 0 fully saturated rings. The summed E-state index contributed by atoms with van der Waals surface area (Å²) in [7, 11) is 0. The van der Waals surface area contributed by atoms with Crippen LogP contribution in [0.4, 0.5) is 0 Å². The maximum atomic E-state index is 4.45. The van der Waals surface area contributed by atoms with Crippen LogP contribution in [0, 0.1) is 6.92 Å². The molecule has 2 rings (SSSR count). The van der Waals surface area contributed by atoms with Gasteiger partial charge in [-0.05, 0) is 53.9 Å². The zero-order chi connectivity index (χ0) is 14.5. The van der Waals surface area contributed by atoms with Crippen molar-refractivity contribution in [2.45, 2.75) is 39.8 Å². The van der Waals surface area contributed by atoms with Crippen molar-refractivity contribution in [2.75, 3.05) is 6.54 Å². The van der Waals surface area contributed by atoms with Crippen molar-refractivity contribution in [1.29, 1.82) is 0 Å². The molecular formula is C16H22BrN3. The summed E-state index contributed by atoms with van der Waals surface area (Å²) in [6.45, 7) is 8.33. The third-order valence-corrected chi connectivity index (χ3v) is 4.12. The lowest BCUT2D eigenvalue weighted by Crippen LogP contribution is -2.26. The molecule has 2 aromatic rings. The molecule has 1 aromatic heterocycles. The third-order valence-electron chi connectivity index (χ3n) is 3.50. The van der Waals surface area contributed by atoms with Gasteiger partial charge >= 0.3 is 0 Å². The van der Waals surface area contributed by atoms with Crippen LogP contribution in [0.2, 0.25) is 0 Å². The molecule has 0 radical (unpaired) electrons. The molecule has 1 N–H and O–H groups in total. The molecule has 0 aliphatic heterocycles. The number of hydrogen-bond acceptors (Lipinski definition) is 2. The van der Waals surface area contributed by atoms with Crippen molar-refractivity contribution < 1.29 is 0 Å². The number of nitrogens with zero attached hydrogens (tertiary/aromatic N) is 2. The van der Waals surface area contributed by atoms with Crippen LogP contribution in [0.5, 0.6) is 0 Å². The Bertz CT molecular complexity index is 563. The Morgan fingerprint density at radius 2 is 2.05 bits per heavy atom. The average Bonchev–Trinajstić information content (AvgIpc) is 2.82. The molecule has 4 heteroatoms. The van der Waals surface area contributed by atoms with E-state index in [0.29, 0.717) is 0 Å². The number of rotatable bonds is 6. The Balaban J connectivity index is 2.47. The molecule has 1 heterocycles. The lowest BCUT2D eigenvalue weighted by molar-refractivity contribution is 0.527. The molecule has 108 valence electrons. The van der Waals surface area contributed by atoms with Crippen molar-refractivity contribution in [2.24, 2.45) is 0 Å². The number of nitrogens with one attached hydrogen (secondary N) is 1. The quantitative estimate of drug-likeness (QED) is 0.862. The number of aromatic nitrogens is 2. The number of aryl methyl sites for hydroxylation is 2. The largest absolute Gasteiger partial charge is 0.305 e. The Hall–Kier alpha value is -1.13. The molecule has 0 aliphatic rings. The fourth-order valence-corrected chi connectivity index (χ4v) is 2.99. The predicted octanol–water partition coefficient (Wildman–Crippen LogP) is 4.06. The minimum atomic E-state index is 0.174. The van der Waals surface area contributed by atoms with E-state index in [2.05, 4.69) is 76.1 Å². The summed E-state index contributed by atoms with van der Waals surface area (Å²) < 4.78 is 3.13. The van der Waals surface area contributed by atoms with Gasteiger partial charge < -0.3 is 5.32 Å². The maximum Gasteiger partial charge on any atom is 0.0762 e. The second kappa shape index (κ2) is 7.04. The first-order chi connectivity index (χ1) is 9.69. The van der Waals surface area contributed by atoms with Gasteiger partial charge in [0.1, 0.15) is 0 Å². The van der Waals surface area contributed by atoms with Crippen molar-refractivity contribution in [1.82, 2.24) is 15.1 Å². The summed E-state index contributed by atoms with van der Waals surface area (Å²) in [5, 5.41) is 8.10. The van der Waals surface area contributed by atoms with Gasteiger partial charge in [0.05, 0.1) is 22.4 Å². The van der Waals surface area contributed by atoms with Crippen molar-refractivity contribution in [3.05, 3.63) is 51.8 Å². The van der Waals surface area contributed by atoms with E-state index in [1.165, 1.54) is 16.8 Å². The van der Waals surface area contributed by atoms with E-state index in [4.69, 9.17) is 0 Å². The molecule has 1 unspecified atom stereocenters.